The van der Waals surface area contributed by atoms with E-state index in [-0.39, 0.29) is 0 Å². The van der Waals surface area contributed by atoms with Gasteiger partial charge in [-0.05, 0) is 65.1 Å². The van der Waals surface area contributed by atoms with Crippen LogP contribution in [0.5, 0.6) is 0 Å². The first-order valence-electron chi connectivity index (χ1n) is 7.28. The summed E-state index contributed by atoms with van der Waals surface area (Å²) in [5.74, 6) is 0.720. The van der Waals surface area contributed by atoms with Crippen LogP contribution >= 0.6 is 0 Å². The smallest absolute Gasteiger partial charge is 0.150 e. The molecule has 106 valence electrons. The standard InChI is InChI=1S/C17H27NO/c1-5-6-17(13-19)12-15(4)11-16-7-9-18(10-8-16)14(2)3/h5-6,12-14,16H,4,7-11H2,1-3H3/b6-5-,17-12+. The zero-order valence-electron chi connectivity index (χ0n) is 12.6. The molecule has 1 aliphatic rings. The zero-order chi connectivity index (χ0) is 14.3. The summed E-state index contributed by atoms with van der Waals surface area (Å²) >= 11 is 0. The van der Waals surface area contributed by atoms with E-state index in [2.05, 4.69) is 25.3 Å². The molecule has 1 aliphatic heterocycles. The molecule has 0 aliphatic carbocycles. The molecule has 2 nitrogen and oxygen atoms in total. The van der Waals surface area contributed by atoms with E-state index in [4.69, 9.17) is 0 Å². The van der Waals surface area contributed by atoms with E-state index >= 15 is 0 Å². The minimum atomic E-state index is 0.653. The van der Waals surface area contributed by atoms with Crippen LogP contribution in [-0.2, 0) is 4.79 Å². The number of piperidine rings is 1. The third-order valence-electron chi connectivity index (χ3n) is 3.80. The fourth-order valence-electron chi connectivity index (χ4n) is 2.65. The van der Waals surface area contributed by atoms with Gasteiger partial charge >= 0.3 is 0 Å². The predicted molar refractivity (Wildman–Crippen MR) is 82.2 cm³/mol. The van der Waals surface area contributed by atoms with Crippen LogP contribution in [-0.4, -0.2) is 30.3 Å². The highest BCUT2D eigenvalue weighted by Crippen LogP contribution is 2.25. The Bertz CT molecular complexity index is 357. The number of allylic oxidation sites excluding steroid dienone is 5. The van der Waals surface area contributed by atoms with Gasteiger partial charge in [-0.2, -0.15) is 0 Å². The maximum absolute atomic E-state index is 10.9. The lowest BCUT2D eigenvalue weighted by atomic mass is 9.89. The van der Waals surface area contributed by atoms with Gasteiger partial charge in [0.25, 0.3) is 0 Å². The van der Waals surface area contributed by atoms with Gasteiger partial charge in [-0.15, -0.1) is 0 Å². The van der Waals surface area contributed by atoms with Crippen LogP contribution in [0, 0.1) is 5.92 Å². The van der Waals surface area contributed by atoms with Crippen molar-refractivity contribution >= 4 is 6.29 Å². The summed E-state index contributed by atoms with van der Waals surface area (Å²) in [6.07, 6.45) is 10.0. The fraction of sp³-hybridized carbons (Fsp3) is 0.588. The predicted octanol–water partition coefficient (Wildman–Crippen LogP) is 3.75. The Labute approximate surface area is 117 Å². The van der Waals surface area contributed by atoms with Crippen molar-refractivity contribution < 1.29 is 4.79 Å². The van der Waals surface area contributed by atoms with Crippen LogP contribution in [0.1, 0.15) is 40.0 Å². The molecular weight excluding hydrogens is 234 g/mol. The molecule has 0 aromatic carbocycles. The number of likely N-dealkylation sites (tertiary alicyclic amines) is 1. The topological polar surface area (TPSA) is 20.3 Å². The molecule has 0 bridgehead atoms. The summed E-state index contributed by atoms with van der Waals surface area (Å²) in [5.41, 5.74) is 1.79. The number of carbonyl (C=O) groups excluding carboxylic acids is 1. The maximum Gasteiger partial charge on any atom is 0.150 e. The lowest BCUT2D eigenvalue weighted by Crippen LogP contribution is -2.38. The molecule has 0 amide bonds. The van der Waals surface area contributed by atoms with Gasteiger partial charge in [0, 0.05) is 11.6 Å². The van der Waals surface area contributed by atoms with E-state index in [1.165, 1.54) is 25.9 Å². The molecule has 1 rings (SSSR count). The highest BCUT2D eigenvalue weighted by atomic mass is 16.1. The SMILES string of the molecule is C=C(/C=C(C=O)\C=C/C)CC1CCN(C(C)C)CC1. The van der Waals surface area contributed by atoms with Crippen molar-refractivity contribution in [2.45, 2.75) is 46.1 Å². The number of aldehydes is 1. The Balaban J connectivity index is 2.44. The summed E-state index contributed by atoms with van der Waals surface area (Å²) in [6, 6.07) is 0.653. The van der Waals surface area contributed by atoms with Crippen molar-refractivity contribution in [3.05, 3.63) is 36.0 Å². The Kier molecular flexibility index (Phi) is 6.79. The quantitative estimate of drug-likeness (QED) is 0.412. The molecule has 0 spiro atoms. The first-order valence-corrected chi connectivity index (χ1v) is 7.28. The second kappa shape index (κ2) is 8.11. The van der Waals surface area contributed by atoms with Crippen LogP contribution in [0.15, 0.2) is 36.0 Å². The van der Waals surface area contributed by atoms with E-state index in [9.17, 15) is 4.79 Å². The first kappa shape index (κ1) is 15.9. The average Bonchev–Trinajstić information content (AvgIpc) is 2.38. The minimum Gasteiger partial charge on any atom is -0.301 e. The summed E-state index contributed by atoms with van der Waals surface area (Å²) in [4.78, 5) is 13.4. The van der Waals surface area contributed by atoms with Crippen LogP contribution in [0.3, 0.4) is 0 Å². The molecular formula is C17H27NO. The van der Waals surface area contributed by atoms with Crippen molar-refractivity contribution in [3.8, 4) is 0 Å². The lowest BCUT2D eigenvalue weighted by Gasteiger charge is -2.34. The van der Waals surface area contributed by atoms with Crippen molar-refractivity contribution in [2.75, 3.05) is 13.1 Å². The number of hydrogen-bond acceptors (Lipinski definition) is 2. The van der Waals surface area contributed by atoms with Crippen LogP contribution in [0.2, 0.25) is 0 Å². The molecule has 0 unspecified atom stereocenters. The Morgan fingerprint density at radius 3 is 2.47 bits per heavy atom. The van der Waals surface area contributed by atoms with E-state index in [1.807, 2.05) is 25.2 Å². The second-order valence-electron chi connectivity index (χ2n) is 5.70. The molecule has 1 heterocycles. The number of hydrogen-bond donors (Lipinski definition) is 0. The Hall–Kier alpha value is -1.15. The minimum absolute atomic E-state index is 0.653. The molecule has 0 saturated carbocycles. The van der Waals surface area contributed by atoms with Crippen LogP contribution < -0.4 is 0 Å². The molecule has 19 heavy (non-hydrogen) atoms. The summed E-state index contributed by atoms with van der Waals surface area (Å²) < 4.78 is 0. The molecule has 1 fully saturated rings. The van der Waals surface area contributed by atoms with E-state index in [0.717, 1.165) is 24.2 Å². The molecule has 2 heteroatoms. The van der Waals surface area contributed by atoms with Crippen LogP contribution in [0.25, 0.3) is 0 Å². The molecule has 1 saturated heterocycles. The highest BCUT2D eigenvalue weighted by Gasteiger charge is 2.20. The molecule has 0 aromatic heterocycles. The molecule has 0 aromatic rings. The number of carbonyl (C=O) groups is 1. The fourth-order valence-corrected chi connectivity index (χ4v) is 2.65. The normalized spacial score (nSPS) is 19.3. The van der Waals surface area contributed by atoms with Gasteiger partial charge in [0.15, 0.2) is 0 Å². The van der Waals surface area contributed by atoms with Gasteiger partial charge in [0.1, 0.15) is 6.29 Å². The molecule has 0 N–H and O–H groups in total. The molecule has 0 radical (unpaired) electrons. The highest BCUT2D eigenvalue weighted by molar-refractivity contribution is 5.78. The van der Waals surface area contributed by atoms with Gasteiger partial charge < -0.3 is 4.90 Å². The van der Waals surface area contributed by atoms with Gasteiger partial charge in [0.2, 0.25) is 0 Å². The largest absolute Gasteiger partial charge is 0.301 e. The molecule has 0 atom stereocenters. The summed E-state index contributed by atoms with van der Waals surface area (Å²) in [5, 5.41) is 0. The van der Waals surface area contributed by atoms with Gasteiger partial charge in [-0.1, -0.05) is 24.3 Å². The van der Waals surface area contributed by atoms with Crippen molar-refractivity contribution in [3.63, 3.8) is 0 Å². The third kappa shape index (κ3) is 5.56. The van der Waals surface area contributed by atoms with Crippen molar-refractivity contribution in [1.29, 1.82) is 0 Å². The van der Waals surface area contributed by atoms with E-state index in [1.54, 1.807) is 0 Å². The second-order valence-corrected chi connectivity index (χ2v) is 5.70. The summed E-state index contributed by atoms with van der Waals surface area (Å²) in [7, 11) is 0. The zero-order valence-corrected chi connectivity index (χ0v) is 12.6. The van der Waals surface area contributed by atoms with E-state index in [0.29, 0.717) is 11.6 Å². The van der Waals surface area contributed by atoms with E-state index < -0.39 is 0 Å². The first-order chi connectivity index (χ1) is 9.06. The lowest BCUT2D eigenvalue weighted by molar-refractivity contribution is -0.104. The van der Waals surface area contributed by atoms with Crippen LogP contribution in [0.4, 0.5) is 0 Å². The number of nitrogens with zero attached hydrogens (tertiary/aromatic N) is 1. The Morgan fingerprint density at radius 1 is 1.37 bits per heavy atom. The van der Waals surface area contributed by atoms with Gasteiger partial charge in [-0.3, -0.25) is 4.79 Å². The Morgan fingerprint density at radius 2 is 2.00 bits per heavy atom. The maximum atomic E-state index is 10.9. The van der Waals surface area contributed by atoms with Crippen molar-refractivity contribution in [1.82, 2.24) is 4.90 Å². The average molecular weight is 261 g/mol. The van der Waals surface area contributed by atoms with Crippen molar-refractivity contribution in [2.24, 2.45) is 5.92 Å². The summed E-state index contributed by atoms with van der Waals surface area (Å²) in [6.45, 7) is 12.9. The number of rotatable bonds is 6. The van der Waals surface area contributed by atoms with Gasteiger partial charge in [-0.25, -0.2) is 0 Å². The monoisotopic (exact) mass is 261 g/mol. The third-order valence-corrected chi connectivity index (χ3v) is 3.80. The van der Waals surface area contributed by atoms with Gasteiger partial charge in [0.05, 0.1) is 0 Å².